The number of nitrogens with one attached hydrogen (secondary N) is 1. The smallest absolute Gasteiger partial charge is 0.321 e. The number of hydrogen-bond acceptors (Lipinski definition) is 4. The Morgan fingerprint density at radius 2 is 1.45 bits per heavy atom. The highest BCUT2D eigenvalue weighted by Crippen LogP contribution is 2.27. The molecule has 0 radical (unpaired) electrons. The Hall–Kier alpha value is -2.38. The third-order valence-corrected chi connectivity index (χ3v) is 6.16. The summed E-state index contributed by atoms with van der Waals surface area (Å²) in [6.07, 6.45) is -0.663. The summed E-state index contributed by atoms with van der Waals surface area (Å²) < 4.78 is 32.7. The monoisotopic (exact) mass is 449 g/mol. The molecule has 0 aliphatic carbocycles. The molecule has 0 aliphatic heterocycles. The van der Waals surface area contributed by atoms with Crippen LogP contribution in [0, 0.1) is 0 Å². The van der Waals surface area contributed by atoms with Crippen LogP contribution in [0.1, 0.15) is 17.2 Å². The molecule has 0 heterocycles. The topological polar surface area (TPSA) is 72.5 Å². The van der Waals surface area contributed by atoms with Crippen molar-refractivity contribution in [2.24, 2.45) is 0 Å². The molecular formula is C21H17Cl2NO4S. The molecule has 0 amide bonds. The molecule has 0 fully saturated rings. The van der Waals surface area contributed by atoms with Gasteiger partial charge in [-0.3, -0.25) is 4.79 Å². The first kappa shape index (κ1) is 21.3. The molecule has 0 saturated heterocycles. The predicted molar refractivity (Wildman–Crippen MR) is 112 cm³/mol. The molecule has 3 rings (SSSR count). The number of benzene rings is 3. The van der Waals surface area contributed by atoms with Crippen molar-refractivity contribution < 1.29 is 17.9 Å². The summed E-state index contributed by atoms with van der Waals surface area (Å²) in [6.45, 7) is -0.554. The molecule has 5 nitrogen and oxygen atoms in total. The molecule has 0 saturated carbocycles. The maximum Gasteiger partial charge on any atom is 0.321 e. The lowest BCUT2D eigenvalue weighted by Gasteiger charge is -2.19. The van der Waals surface area contributed by atoms with E-state index in [4.69, 9.17) is 27.9 Å². The van der Waals surface area contributed by atoms with Gasteiger partial charge in [0.25, 0.3) is 0 Å². The van der Waals surface area contributed by atoms with E-state index in [-0.39, 0.29) is 14.9 Å². The number of halogens is 2. The van der Waals surface area contributed by atoms with Gasteiger partial charge in [0.2, 0.25) is 10.0 Å². The minimum atomic E-state index is -4.04. The van der Waals surface area contributed by atoms with Crippen LogP contribution in [0.4, 0.5) is 0 Å². The van der Waals surface area contributed by atoms with Crippen molar-refractivity contribution >= 4 is 39.2 Å². The lowest BCUT2D eigenvalue weighted by molar-refractivity contribution is -0.146. The average Bonchev–Trinajstić information content (AvgIpc) is 2.73. The quantitative estimate of drug-likeness (QED) is 0.534. The number of hydrogen-bond donors (Lipinski definition) is 1. The van der Waals surface area contributed by atoms with Gasteiger partial charge in [-0.15, -0.1) is 0 Å². The zero-order valence-electron chi connectivity index (χ0n) is 15.1. The Kier molecular flexibility index (Phi) is 6.92. The average molecular weight is 450 g/mol. The fraction of sp³-hybridized carbons (Fsp3) is 0.0952. The molecule has 3 aromatic rings. The van der Waals surface area contributed by atoms with Gasteiger partial charge in [-0.2, -0.15) is 4.72 Å². The van der Waals surface area contributed by atoms with E-state index in [0.29, 0.717) is 0 Å². The summed E-state index contributed by atoms with van der Waals surface area (Å²) >= 11 is 11.8. The molecule has 1 N–H and O–H groups in total. The zero-order chi connectivity index (χ0) is 20.9. The normalized spacial score (nSPS) is 11.4. The Morgan fingerprint density at radius 3 is 2.00 bits per heavy atom. The second kappa shape index (κ2) is 9.41. The van der Waals surface area contributed by atoms with Crippen molar-refractivity contribution in [1.29, 1.82) is 0 Å². The summed E-state index contributed by atoms with van der Waals surface area (Å²) in [7, 11) is -4.04. The fourth-order valence-electron chi connectivity index (χ4n) is 2.67. The molecule has 150 valence electrons. The van der Waals surface area contributed by atoms with Crippen LogP contribution in [0.25, 0.3) is 0 Å². The van der Waals surface area contributed by atoms with E-state index < -0.39 is 28.6 Å². The third kappa shape index (κ3) is 5.58. The molecular weight excluding hydrogens is 433 g/mol. The molecule has 29 heavy (non-hydrogen) atoms. The first-order valence-electron chi connectivity index (χ1n) is 8.61. The maximum absolute atomic E-state index is 12.5. The van der Waals surface area contributed by atoms with Crippen LogP contribution < -0.4 is 4.72 Å². The van der Waals surface area contributed by atoms with E-state index in [1.165, 1.54) is 18.2 Å². The van der Waals surface area contributed by atoms with Crippen LogP contribution in [0.5, 0.6) is 0 Å². The highest BCUT2D eigenvalue weighted by atomic mass is 35.5. The molecule has 0 unspecified atom stereocenters. The number of carbonyl (C=O) groups is 1. The lowest BCUT2D eigenvalue weighted by atomic mass is 10.0. The minimum absolute atomic E-state index is 0.00159. The Labute approximate surface area is 179 Å². The predicted octanol–water partition coefficient (Wildman–Crippen LogP) is 4.60. The van der Waals surface area contributed by atoms with Crippen molar-refractivity contribution in [3.8, 4) is 0 Å². The second-order valence-corrected chi connectivity index (χ2v) is 8.67. The van der Waals surface area contributed by atoms with Gasteiger partial charge in [-0.25, -0.2) is 8.42 Å². The van der Waals surface area contributed by atoms with E-state index in [9.17, 15) is 13.2 Å². The SMILES string of the molecule is O=C(CNS(=O)(=O)c1cc(Cl)ccc1Cl)OC(c1ccccc1)c1ccccc1. The van der Waals surface area contributed by atoms with E-state index in [2.05, 4.69) is 4.72 Å². The highest BCUT2D eigenvalue weighted by Gasteiger charge is 2.23. The van der Waals surface area contributed by atoms with E-state index in [1.54, 1.807) is 0 Å². The van der Waals surface area contributed by atoms with Crippen LogP contribution in [-0.2, 0) is 19.6 Å². The molecule has 3 aromatic carbocycles. The number of carbonyl (C=O) groups excluding carboxylic acids is 1. The molecule has 0 bridgehead atoms. The molecule has 0 aromatic heterocycles. The molecule has 0 spiro atoms. The molecule has 0 aliphatic rings. The van der Waals surface area contributed by atoms with Crippen LogP contribution in [0.15, 0.2) is 83.8 Å². The van der Waals surface area contributed by atoms with Gasteiger partial charge in [0.15, 0.2) is 6.10 Å². The van der Waals surface area contributed by atoms with Crippen LogP contribution in [0.3, 0.4) is 0 Å². The second-order valence-electron chi connectivity index (χ2n) is 6.09. The highest BCUT2D eigenvalue weighted by molar-refractivity contribution is 7.89. The summed E-state index contributed by atoms with van der Waals surface area (Å²) in [6, 6.07) is 22.5. The van der Waals surface area contributed by atoms with Crippen LogP contribution in [0.2, 0.25) is 10.0 Å². The Bertz CT molecular complexity index is 1050. The van der Waals surface area contributed by atoms with E-state index in [1.807, 2.05) is 60.7 Å². The van der Waals surface area contributed by atoms with Gasteiger partial charge in [0, 0.05) is 5.02 Å². The van der Waals surface area contributed by atoms with Gasteiger partial charge in [-0.1, -0.05) is 83.9 Å². The Morgan fingerprint density at radius 1 is 0.897 bits per heavy atom. The summed E-state index contributed by atoms with van der Waals surface area (Å²) in [5, 5.41) is 0.215. The maximum atomic E-state index is 12.5. The number of esters is 1. The van der Waals surface area contributed by atoms with Crippen LogP contribution >= 0.6 is 23.2 Å². The van der Waals surface area contributed by atoms with E-state index in [0.717, 1.165) is 11.1 Å². The molecule has 8 heteroatoms. The van der Waals surface area contributed by atoms with Crippen molar-refractivity contribution in [1.82, 2.24) is 4.72 Å². The van der Waals surface area contributed by atoms with Gasteiger partial charge >= 0.3 is 5.97 Å². The summed E-state index contributed by atoms with van der Waals surface area (Å²) in [4.78, 5) is 12.2. The lowest BCUT2D eigenvalue weighted by Crippen LogP contribution is -2.31. The van der Waals surface area contributed by atoms with Gasteiger partial charge in [-0.05, 0) is 29.3 Å². The third-order valence-electron chi connectivity index (χ3n) is 4.04. The van der Waals surface area contributed by atoms with Crippen molar-refractivity contribution in [2.75, 3.05) is 6.54 Å². The standard InChI is InChI=1S/C21H17Cl2NO4S/c22-17-11-12-18(23)19(13-17)29(26,27)24-14-20(25)28-21(15-7-3-1-4-8-15)16-9-5-2-6-10-16/h1-13,21,24H,14H2. The number of rotatable bonds is 7. The number of ether oxygens (including phenoxy) is 1. The van der Waals surface area contributed by atoms with Gasteiger partial charge in [0.05, 0.1) is 5.02 Å². The van der Waals surface area contributed by atoms with Crippen molar-refractivity contribution in [3.63, 3.8) is 0 Å². The Balaban J connectivity index is 1.75. The van der Waals surface area contributed by atoms with Crippen molar-refractivity contribution in [2.45, 2.75) is 11.0 Å². The first-order valence-corrected chi connectivity index (χ1v) is 10.8. The zero-order valence-corrected chi connectivity index (χ0v) is 17.4. The van der Waals surface area contributed by atoms with Gasteiger partial charge in [0.1, 0.15) is 11.4 Å². The number of sulfonamides is 1. The fourth-order valence-corrected chi connectivity index (χ4v) is 4.40. The largest absolute Gasteiger partial charge is 0.452 e. The van der Waals surface area contributed by atoms with Crippen LogP contribution in [-0.4, -0.2) is 20.9 Å². The van der Waals surface area contributed by atoms with Gasteiger partial charge < -0.3 is 4.74 Å². The summed E-state index contributed by atoms with van der Waals surface area (Å²) in [5.41, 5.74) is 1.54. The first-order chi connectivity index (χ1) is 13.9. The minimum Gasteiger partial charge on any atom is -0.452 e. The molecule has 0 atom stereocenters. The van der Waals surface area contributed by atoms with E-state index >= 15 is 0 Å². The van der Waals surface area contributed by atoms with Crippen molar-refractivity contribution in [3.05, 3.63) is 100 Å². The summed E-state index contributed by atoms with van der Waals surface area (Å²) in [5.74, 6) is -0.732.